The molecular weight excluding hydrogens is 240 g/mol. The number of hydrogen-bond acceptors (Lipinski definition) is 5. The van der Waals surface area contributed by atoms with Crippen LogP contribution in [0, 0.1) is 0 Å². The quantitative estimate of drug-likeness (QED) is 0.856. The summed E-state index contributed by atoms with van der Waals surface area (Å²) in [5, 5.41) is 6.49. The number of nitrogens with one attached hydrogen (secondary N) is 2. The molecule has 1 saturated heterocycles. The molecule has 1 atom stereocenters. The molecule has 0 saturated carbocycles. The lowest BCUT2D eigenvalue weighted by Gasteiger charge is -2.40. The highest BCUT2D eigenvalue weighted by atomic mass is 16.5. The number of hydrogen-bond donors (Lipinski definition) is 2. The molecule has 0 bridgehead atoms. The van der Waals surface area contributed by atoms with Gasteiger partial charge in [0.15, 0.2) is 0 Å². The first kappa shape index (κ1) is 14.1. The van der Waals surface area contributed by atoms with E-state index in [0.717, 1.165) is 43.9 Å². The topological polar surface area (TPSA) is 59.1 Å². The summed E-state index contributed by atoms with van der Waals surface area (Å²) in [4.78, 5) is 8.64. The summed E-state index contributed by atoms with van der Waals surface area (Å²) in [6.07, 6.45) is 7.67. The van der Waals surface area contributed by atoms with Gasteiger partial charge in [0.1, 0.15) is 11.6 Å². The second-order valence-corrected chi connectivity index (χ2v) is 5.11. The van der Waals surface area contributed by atoms with Crippen LogP contribution in [0.1, 0.15) is 39.5 Å². The second-order valence-electron chi connectivity index (χ2n) is 5.11. The highest BCUT2D eigenvalue weighted by Gasteiger charge is 2.34. The van der Waals surface area contributed by atoms with Gasteiger partial charge in [-0.15, -0.1) is 0 Å². The fourth-order valence-corrected chi connectivity index (χ4v) is 2.66. The Balaban J connectivity index is 2.02. The van der Waals surface area contributed by atoms with Gasteiger partial charge in [0, 0.05) is 19.7 Å². The lowest BCUT2D eigenvalue weighted by Crippen LogP contribution is -2.43. The van der Waals surface area contributed by atoms with Gasteiger partial charge in [-0.3, -0.25) is 4.98 Å². The maximum Gasteiger partial charge on any atom is 0.147 e. The second kappa shape index (κ2) is 6.19. The molecule has 5 heteroatoms. The van der Waals surface area contributed by atoms with E-state index in [9.17, 15) is 0 Å². The van der Waals surface area contributed by atoms with Crippen LogP contribution in [0.25, 0.3) is 0 Å². The van der Waals surface area contributed by atoms with Crippen LogP contribution < -0.4 is 10.6 Å². The molecule has 0 amide bonds. The largest absolute Gasteiger partial charge is 0.375 e. The molecule has 0 spiro atoms. The molecule has 1 aromatic rings. The van der Waals surface area contributed by atoms with Gasteiger partial charge in [-0.1, -0.05) is 13.8 Å². The van der Waals surface area contributed by atoms with Crippen LogP contribution in [-0.4, -0.2) is 35.3 Å². The monoisotopic (exact) mass is 264 g/mol. The van der Waals surface area contributed by atoms with Crippen LogP contribution in [0.15, 0.2) is 12.4 Å². The van der Waals surface area contributed by atoms with E-state index in [2.05, 4.69) is 34.4 Å². The van der Waals surface area contributed by atoms with E-state index in [1.165, 1.54) is 0 Å². The minimum Gasteiger partial charge on any atom is -0.375 e. The van der Waals surface area contributed by atoms with Crippen molar-refractivity contribution in [2.45, 2.75) is 51.2 Å². The maximum atomic E-state index is 5.99. The van der Waals surface area contributed by atoms with E-state index in [4.69, 9.17) is 4.74 Å². The molecule has 1 aliphatic rings. The van der Waals surface area contributed by atoms with Crippen molar-refractivity contribution in [3.8, 4) is 0 Å². The Morgan fingerprint density at radius 3 is 2.74 bits per heavy atom. The van der Waals surface area contributed by atoms with Crippen molar-refractivity contribution < 1.29 is 4.74 Å². The zero-order chi connectivity index (χ0) is 13.7. The van der Waals surface area contributed by atoms with E-state index in [-0.39, 0.29) is 5.60 Å². The molecule has 0 aromatic carbocycles. The van der Waals surface area contributed by atoms with Crippen molar-refractivity contribution >= 4 is 11.6 Å². The minimum absolute atomic E-state index is 0.0317. The van der Waals surface area contributed by atoms with Crippen molar-refractivity contribution in [2.75, 3.05) is 24.3 Å². The third-order valence-electron chi connectivity index (χ3n) is 4.02. The molecule has 0 radical (unpaired) electrons. The number of rotatable bonds is 5. The SMILES string of the molecule is CCC1(CC)CC(Nc2cncc(NC)n2)CCO1. The molecule has 2 heterocycles. The van der Waals surface area contributed by atoms with E-state index in [0.29, 0.717) is 6.04 Å². The number of aromatic nitrogens is 2. The van der Waals surface area contributed by atoms with Crippen molar-refractivity contribution in [1.82, 2.24) is 9.97 Å². The van der Waals surface area contributed by atoms with Crippen molar-refractivity contribution in [1.29, 1.82) is 0 Å². The standard InChI is InChI=1S/C14H24N4O/c1-4-14(5-2)8-11(6-7-19-14)17-13-10-16-9-12(15-3)18-13/h9-11H,4-8H2,1-3H3,(H2,15,17,18). The normalized spacial score (nSPS) is 21.9. The van der Waals surface area contributed by atoms with E-state index in [1.807, 2.05) is 7.05 Å². The lowest BCUT2D eigenvalue weighted by molar-refractivity contribution is -0.0864. The summed E-state index contributed by atoms with van der Waals surface area (Å²) in [6.45, 7) is 5.22. The molecule has 1 unspecified atom stereocenters. The van der Waals surface area contributed by atoms with Crippen molar-refractivity contribution in [3.05, 3.63) is 12.4 Å². The van der Waals surface area contributed by atoms with E-state index in [1.54, 1.807) is 12.4 Å². The smallest absolute Gasteiger partial charge is 0.147 e. The Labute approximate surface area is 115 Å². The summed E-state index contributed by atoms with van der Waals surface area (Å²) in [7, 11) is 1.85. The van der Waals surface area contributed by atoms with Crippen LogP contribution in [0.3, 0.4) is 0 Å². The summed E-state index contributed by atoms with van der Waals surface area (Å²) in [5.41, 5.74) is 0.0317. The highest BCUT2D eigenvalue weighted by Crippen LogP contribution is 2.32. The summed E-state index contributed by atoms with van der Waals surface area (Å²) >= 11 is 0. The van der Waals surface area contributed by atoms with Crippen LogP contribution >= 0.6 is 0 Å². The Bertz CT molecular complexity index is 406. The van der Waals surface area contributed by atoms with Gasteiger partial charge >= 0.3 is 0 Å². The molecule has 1 fully saturated rings. The minimum atomic E-state index is 0.0317. The molecule has 0 aliphatic carbocycles. The van der Waals surface area contributed by atoms with Gasteiger partial charge in [0.25, 0.3) is 0 Å². The van der Waals surface area contributed by atoms with Gasteiger partial charge in [-0.2, -0.15) is 0 Å². The summed E-state index contributed by atoms with van der Waals surface area (Å²) in [5.74, 6) is 1.62. The van der Waals surface area contributed by atoms with Crippen LogP contribution in [-0.2, 0) is 4.74 Å². The molecule has 2 N–H and O–H groups in total. The predicted octanol–water partition coefficient (Wildman–Crippen LogP) is 2.67. The Morgan fingerprint density at radius 2 is 2.05 bits per heavy atom. The van der Waals surface area contributed by atoms with Gasteiger partial charge in [-0.25, -0.2) is 4.98 Å². The molecule has 19 heavy (non-hydrogen) atoms. The zero-order valence-corrected chi connectivity index (χ0v) is 12.1. The van der Waals surface area contributed by atoms with Gasteiger partial charge in [0.2, 0.25) is 0 Å². The van der Waals surface area contributed by atoms with Crippen LogP contribution in [0.4, 0.5) is 11.6 Å². The molecule has 1 aliphatic heterocycles. The van der Waals surface area contributed by atoms with Crippen LogP contribution in [0.2, 0.25) is 0 Å². The first-order chi connectivity index (χ1) is 9.21. The van der Waals surface area contributed by atoms with E-state index >= 15 is 0 Å². The molecule has 1 aromatic heterocycles. The summed E-state index contributed by atoms with van der Waals surface area (Å²) < 4.78 is 5.99. The number of anilines is 2. The zero-order valence-electron chi connectivity index (χ0n) is 12.1. The fraction of sp³-hybridized carbons (Fsp3) is 0.714. The average molecular weight is 264 g/mol. The van der Waals surface area contributed by atoms with Gasteiger partial charge < -0.3 is 15.4 Å². The van der Waals surface area contributed by atoms with Gasteiger partial charge in [0.05, 0.1) is 18.0 Å². The Hall–Kier alpha value is -1.36. The van der Waals surface area contributed by atoms with Crippen LogP contribution in [0.5, 0.6) is 0 Å². The Kier molecular flexibility index (Phi) is 4.58. The fourth-order valence-electron chi connectivity index (χ4n) is 2.66. The number of ether oxygens (including phenoxy) is 1. The molecular formula is C14H24N4O. The van der Waals surface area contributed by atoms with E-state index < -0.39 is 0 Å². The van der Waals surface area contributed by atoms with Crippen molar-refractivity contribution in [3.63, 3.8) is 0 Å². The molecule has 5 nitrogen and oxygen atoms in total. The lowest BCUT2D eigenvalue weighted by atomic mass is 9.86. The highest BCUT2D eigenvalue weighted by molar-refractivity contribution is 5.41. The number of nitrogens with zero attached hydrogens (tertiary/aromatic N) is 2. The average Bonchev–Trinajstić information content (AvgIpc) is 2.47. The Morgan fingerprint density at radius 1 is 1.32 bits per heavy atom. The third kappa shape index (κ3) is 3.35. The molecule has 106 valence electrons. The third-order valence-corrected chi connectivity index (χ3v) is 4.02. The van der Waals surface area contributed by atoms with Crippen molar-refractivity contribution in [2.24, 2.45) is 0 Å². The maximum absolute atomic E-state index is 5.99. The first-order valence-electron chi connectivity index (χ1n) is 7.11. The summed E-state index contributed by atoms with van der Waals surface area (Å²) in [6, 6.07) is 0.412. The molecule has 2 rings (SSSR count). The predicted molar refractivity (Wildman–Crippen MR) is 77.5 cm³/mol. The first-order valence-corrected chi connectivity index (χ1v) is 7.11. The van der Waals surface area contributed by atoms with Gasteiger partial charge in [-0.05, 0) is 25.7 Å².